The Hall–Kier alpha value is -2.63. The van der Waals surface area contributed by atoms with Crippen molar-refractivity contribution < 1.29 is 13.2 Å². The van der Waals surface area contributed by atoms with Crippen LogP contribution < -0.4 is 0 Å². The van der Waals surface area contributed by atoms with Gasteiger partial charge in [0.1, 0.15) is 5.69 Å². The zero-order valence-corrected chi connectivity index (χ0v) is 10.7. The van der Waals surface area contributed by atoms with Crippen LogP contribution in [0.4, 0.5) is 13.2 Å². The molecule has 0 N–H and O–H groups in total. The maximum Gasteiger partial charge on any atom is 0.416 e. The van der Waals surface area contributed by atoms with Gasteiger partial charge in [-0.2, -0.15) is 23.1 Å². The van der Waals surface area contributed by atoms with Gasteiger partial charge in [-0.15, -0.1) is 5.10 Å². The van der Waals surface area contributed by atoms with Crippen LogP contribution in [-0.4, -0.2) is 15.0 Å². The van der Waals surface area contributed by atoms with E-state index >= 15 is 0 Å². The summed E-state index contributed by atoms with van der Waals surface area (Å²) in [6.45, 7) is 0. The van der Waals surface area contributed by atoms with E-state index in [-0.39, 0.29) is 0 Å². The molecule has 106 valence electrons. The first-order chi connectivity index (χ1) is 10.0. The second-order valence-corrected chi connectivity index (χ2v) is 4.43. The van der Waals surface area contributed by atoms with Crippen molar-refractivity contribution in [2.75, 3.05) is 0 Å². The summed E-state index contributed by atoms with van der Waals surface area (Å²) in [6.07, 6.45) is -2.77. The summed E-state index contributed by atoms with van der Waals surface area (Å²) in [5, 5.41) is 8.35. The Balaban J connectivity index is 1.90. The molecule has 3 rings (SSSR count). The molecule has 6 heteroatoms. The molecule has 0 aliphatic rings. The third-order valence-electron chi connectivity index (χ3n) is 2.99. The largest absolute Gasteiger partial charge is 0.416 e. The van der Waals surface area contributed by atoms with Crippen LogP contribution in [0.15, 0.2) is 60.8 Å². The maximum absolute atomic E-state index is 12.5. The molecule has 0 saturated heterocycles. The molecule has 0 aliphatic heterocycles. The highest BCUT2D eigenvalue weighted by Gasteiger charge is 2.30. The van der Waals surface area contributed by atoms with E-state index in [0.717, 1.165) is 17.7 Å². The molecule has 0 fully saturated rings. The normalized spacial score (nSPS) is 11.6. The third-order valence-corrected chi connectivity index (χ3v) is 2.99. The van der Waals surface area contributed by atoms with Crippen LogP contribution >= 0.6 is 0 Å². The van der Waals surface area contributed by atoms with Gasteiger partial charge in [0.2, 0.25) is 0 Å². The monoisotopic (exact) mass is 289 g/mol. The van der Waals surface area contributed by atoms with Crippen molar-refractivity contribution in [2.45, 2.75) is 6.18 Å². The zero-order valence-electron chi connectivity index (χ0n) is 10.7. The van der Waals surface area contributed by atoms with Gasteiger partial charge in [-0.3, -0.25) is 0 Å². The summed E-state index contributed by atoms with van der Waals surface area (Å²) >= 11 is 0. The lowest BCUT2D eigenvalue weighted by atomic mass is 10.2. The fourth-order valence-corrected chi connectivity index (χ4v) is 1.91. The van der Waals surface area contributed by atoms with Crippen LogP contribution in [0, 0.1) is 0 Å². The maximum atomic E-state index is 12.5. The van der Waals surface area contributed by atoms with Gasteiger partial charge in [-0.1, -0.05) is 30.3 Å². The minimum atomic E-state index is -4.34. The first-order valence-electron chi connectivity index (χ1n) is 6.19. The number of nitrogens with zero attached hydrogens (tertiary/aromatic N) is 3. The quantitative estimate of drug-likeness (QED) is 0.715. The van der Waals surface area contributed by atoms with Crippen LogP contribution in [0.5, 0.6) is 0 Å². The van der Waals surface area contributed by atoms with Gasteiger partial charge in [0, 0.05) is 5.56 Å². The molecule has 3 nitrogen and oxygen atoms in total. The molecule has 0 radical (unpaired) electrons. The van der Waals surface area contributed by atoms with E-state index in [4.69, 9.17) is 0 Å². The number of halogens is 3. The van der Waals surface area contributed by atoms with Crippen molar-refractivity contribution >= 4 is 0 Å². The van der Waals surface area contributed by atoms with Crippen molar-refractivity contribution in [3.05, 3.63) is 66.4 Å². The minimum absolute atomic E-state index is 0.477. The van der Waals surface area contributed by atoms with E-state index in [9.17, 15) is 13.2 Å². The lowest BCUT2D eigenvalue weighted by Crippen LogP contribution is -2.05. The Morgan fingerprint density at radius 3 is 2.14 bits per heavy atom. The molecule has 0 aliphatic carbocycles. The average Bonchev–Trinajstić information content (AvgIpc) is 2.97. The molecule has 2 aromatic carbocycles. The predicted octanol–water partition coefficient (Wildman–Crippen LogP) is 3.95. The van der Waals surface area contributed by atoms with Crippen molar-refractivity contribution in [3.8, 4) is 16.9 Å². The van der Waals surface area contributed by atoms with Crippen molar-refractivity contribution in [1.29, 1.82) is 0 Å². The molecule has 21 heavy (non-hydrogen) atoms. The predicted molar refractivity (Wildman–Crippen MR) is 71.8 cm³/mol. The molecule has 0 bridgehead atoms. The molecule has 3 aromatic rings. The zero-order chi connectivity index (χ0) is 14.9. The first kappa shape index (κ1) is 13.4. The van der Waals surface area contributed by atoms with E-state index in [1.54, 1.807) is 6.20 Å². The summed E-state index contributed by atoms with van der Waals surface area (Å²) in [7, 11) is 0. The van der Waals surface area contributed by atoms with Gasteiger partial charge in [0.05, 0.1) is 17.4 Å². The number of hydrogen-bond acceptors (Lipinski definition) is 2. The molecule has 1 aromatic heterocycles. The summed E-state index contributed by atoms with van der Waals surface area (Å²) in [4.78, 5) is 1.31. The molecular weight excluding hydrogens is 279 g/mol. The molecule has 0 saturated carbocycles. The molecule has 0 atom stereocenters. The highest BCUT2D eigenvalue weighted by Crippen LogP contribution is 2.29. The number of alkyl halides is 3. The highest BCUT2D eigenvalue weighted by atomic mass is 19.4. The fourth-order valence-electron chi connectivity index (χ4n) is 1.91. The molecule has 0 unspecified atom stereocenters. The Labute approximate surface area is 118 Å². The third kappa shape index (κ3) is 2.79. The van der Waals surface area contributed by atoms with Gasteiger partial charge in [-0.25, -0.2) is 0 Å². The van der Waals surface area contributed by atoms with Crippen LogP contribution in [0.1, 0.15) is 5.56 Å². The van der Waals surface area contributed by atoms with Crippen LogP contribution in [0.2, 0.25) is 0 Å². The van der Waals surface area contributed by atoms with Crippen LogP contribution in [-0.2, 0) is 6.18 Å². The van der Waals surface area contributed by atoms with E-state index in [0.29, 0.717) is 11.4 Å². The molecular formula is C15H10F3N3. The molecule has 1 heterocycles. The number of benzene rings is 2. The number of hydrogen-bond donors (Lipinski definition) is 0. The van der Waals surface area contributed by atoms with Gasteiger partial charge in [-0.05, 0) is 24.3 Å². The number of aromatic nitrogens is 3. The lowest BCUT2D eigenvalue weighted by Gasteiger charge is -2.06. The first-order valence-corrected chi connectivity index (χ1v) is 6.19. The lowest BCUT2D eigenvalue weighted by molar-refractivity contribution is -0.137. The van der Waals surface area contributed by atoms with Crippen molar-refractivity contribution in [2.24, 2.45) is 0 Å². The van der Waals surface area contributed by atoms with Gasteiger partial charge in [0.25, 0.3) is 0 Å². The van der Waals surface area contributed by atoms with Gasteiger partial charge in [0.15, 0.2) is 0 Å². The Morgan fingerprint density at radius 2 is 1.52 bits per heavy atom. The summed E-state index contributed by atoms with van der Waals surface area (Å²) in [5.41, 5.74) is 1.35. The van der Waals surface area contributed by atoms with Gasteiger partial charge < -0.3 is 0 Å². The van der Waals surface area contributed by atoms with Crippen LogP contribution in [0.3, 0.4) is 0 Å². The SMILES string of the molecule is FC(F)(F)c1ccc(-n2ncc(-c3ccccc3)n2)cc1. The number of rotatable bonds is 2. The van der Waals surface area contributed by atoms with E-state index in [1.165, 1.54) is 16.9 Å². The Kier molecular flexibility index (Phi) is 3.21. The summed E-state index contributed by atoms with van der Waals surface area (Å²) in [6, 6.07) is 14.2. The van der Waals surface area contributed by atoms with Crippen molar-refractivity contribution in [3.63, 3.8) is 0 Å². The minimum Gasteiger partial charge on any atom is -0.166 e. The van der Waals surface area contributed by atoms with E-state index in [2.05, 4.69) is 10.2 Å². The average molecular weight is 289 g/mol. The van der Waals surface area contributed by atoms with E-state index in [1.807, 2.05) is 30.3 Å². The Morgan fingerprint density at radius 1 is 0.857 bits per heavy atom. The van der Waals surface area contributed by atoms with Crippen LogP contribution in [0.25, 0.3) is 16.9 Å². The van der Waals surface area contributed by atoms with Gasteiger partial charge >= 0.3 is 6.18 Å². The molecule has 0 amide bonds. The summed E-state index contributed by atoms with van der Waals surface area (Å²) in [5.74, 6) is 0. The summed E-state index contributed by atoms with van der Waals surface area (Å²) < 4.78 is 37.5. The fraction of sp³-hybridized carbons (Fsp3) is 0.0667. The second kappa shape index (κ2) is 5.05. The van der Waals surface area contributed by atoms with E-state index < -0.39 is 11.7 Å². The highest BCUT2D eigenvalue weighted by molar-refractivity contribution is 5.57. The standard InChI is InChI=1S/C15H10F3N3/c16-15(17,18)12-6-8-13(9-7-12)21-19-10-14(20-21)11-4-2-1-3-5-11/h1-10H. The smallest absolute Gasteiger partial charge is 0.166 e. The topological polar surface area (TPSA) is 30.7 Å². The second-order valence-electron chi connectivity index (χ2n) is 4.43. The van der Waals surface area contributed by atoms with Crippen molar-refractivity contribution in [1.82, 2.24) is 15.0 Å². The molecule has 0 spiro atoms. The Bertz CT molecular complexity index is 731.